The molecule has 2 rings (SSSR count). The summed E-state index contributed by atoms with van der Waals surface area (Å²) in [7, 11) is 0. The van der Waals surface area contributed by atoms with E-state index in [1.54, 1.807) is 12.4 Å². The first-order valence-electron chi connectivity index (χ1n) is 4.46. The zero-order valence-electron chi connectivity index (χ0n) is 7.33. The highest BCUT2D eigenvalue weighted by Crippen LogP contribution is 2.33. The van der Waals surface area contributed by atoms with Gasteiger partial charge in [0.15, 0.2) is 0 Å². The fourth-order valence-electron chi connectivity index (χ4n) is 1.64. The normalized spacial score (nSPS) is 21.3. The van der Waals surface area contributed by atoms with Gasteiger partial charge in [0.05, 0.1) is 0 Å². The fourth-order valence-corrected chi connectivity index (χ4v) is 1.64. The van der Waals surface area contributed by atoms with Crippen molar-refractivity contribution < 1.29 is 4.39 Å². The number of alkyl halides is 1. The molecule has 1 saturated heterocycles. The predicted molar refractivity (Wildman–Crippen MR) is 46.9 cm³/mol. The molecule has 1 N–H and O–H groups in total. The third-order valence-electron chi connectivity index (χ3n) is 2.47. The molecular weight excluding hydrogens is 169 g/mol. The van der Waals surface area contributed by atoms with Crippen molar-refractivity contribution in [2.75, 3.05) is 13.1 Å². The Morgan fingerprint density at radius 2 is 1.85 bits per heavy atom. The van der Waals surface area contributed by atoms with Crippen LogP contribution in [0.1, 0.15) is 18.4 Å². The number of rotatable bonds is 1. The second-order valence-electron chi connectivity index (χ2n) is 3.34. The molecule has 1 aromatic heterocycles. The summed E-state index contributed by atoms with van der Waals surface area (Å²) < 4.78 is 14.2. The third kappa shape index (κ3) is 1.67. The summed E-state index contributed by atoms with van der Waals surface area (Å²) in [5.74, 6) is 0. The predicted octanol–water partition coefficient (Wildman–Crippen LogP) is 1.02. The molecule has 2 heterocycles. The van der Waals surface area contributed by atoms with Gasteiger partial charge in [-0.15, -0.1) is 0 Å². The highest BCUT2D eigenvalue weighted by molar-refractivity contribution is 5.15. The number of aromatic nitrogens is 2. The van der Waals surface area contributed by atoms with E-state index in [4.69, 9.17) is 0 Å². The average molecular weight is 181 g/mol. The molecule has 1 aliphatic rings. The minimum atomic E-state index is -1.22. The van der Waals surface area contributed by atoms with Gasteiger partial charge in [0.2, 0.25) is 0 Å². The molecule has 0 aromatic carbocycles. The molecule has 70 valence electrons. The second kappa shape index (κ2) is 3.38. The molecule has 0 bridgehead atoms. The fraction of sp³-hybridized carbons (Fsp3) is 0.556. The van der Waals surface area contributed by atoms with E-state index >= 15 is 0 Å². The lowest BCUT2D eigenvalue weighted by Gasteiger charge is -2.29. The molecule has 0 radical (unpaired) electrons. The zero-order chi connectivity index (χ0) is 9.15. The Morgan fingerprint density at radius 3 is 2.46 bits per heavy atom. The Labute approximate surface area is 76.4 Å². The molecule has 0 saturated carbocycles. The lowest BCUT2D eigenvalue weighted by atomic mass is 9.89. The Balaban J connectivity index is 2.23. The lowest BCUT2D eigenvalue weighted by molar-refractivity contribution is 0.114. The summed E-state index contributed by atoms with van der Waals surface area (Å²) in [6.45, 7) is 1.46. The summed E-state index contributed by atoms with van der Waals surface area (Å²) in [4.78, 5) is 7.67. The molecule has 1 aliphatic heterocycles. The van der Waals surface area contributed by atoms with Gasteiger partial charge >= 0.3 is 0 Å². The second-order valence-corrected chi connectivity index (χ2v) is 3.34. The van der Waals surface area contributed by atoms with Crippen molar-refractivity contribution in [3.05, 3.63) is 24.3 Å². The lowest BCUT2D eigenvalue weighted by Crippen LogP contribution is -2.36. The Kier molecular flexibility index (Phi) is 2.22. The van der Waals surface area contributed by atoms with Crippen LogP contribution in [-0.2, 0) is 5.67 Å². The van der Waals surface area contributed by atoms with Crippen LogP contribution in [0.5, 0.6) is 0 Å². The van der Waals surface area contributed by atoms with E-state index in [9.17, 15) is 4.39 Å². The number of nitrogens with one attached hydrogen (secondary N) is 1. The smallest absolute Gasteiger partial charge is 0.141 e. The minimum Gasteiger partial charge on any atom is -0.316 e. The minimum absolute atomic E-state index is 0.514. The van der Waals surface area contributed by atoms with E-state index in [1.165, 1.54) is 6.33 Å². The molecule has 0 amide bonds. The Bertz CT molecular complexity index is 269. The first kappa shape index (κ1) is 8.56. The summed E-state index contributed by atoms with van der Waals surface area (Å²) in [5, 5.41) is 3.13. The van der Waals surface area contributed by atoms with Gasteiger partial charge in [-0.3, -0.25) is 0 Å². The molecule has 0 spiro atoms. The van der Waals surface area contributed by atoms with Crippen molar-refractivity contribution in [1.29, 1.82) is 0 Å². The molecule has 0 aliphatic carbocycles. The van der Waals surface area contributed by atoms with E-state index in [0.29, 0.717) is 18.4 Å². The maximum atomic E-state index is 14.2. The van der Waals surface area contributed by atoms with Crippen LogP contribution in [0.4, 0.5) is 4.39 Å². The standard InChI is InChI=1S/C9H12FN3/c10-9(1-3-11-4-2-9)8-5-12-7-13-6-8/h5-7,11H,1-4H2. The van der Waals surface area contributed by atoms with Crippen LogP contribution >= 0.6 is 0 Å². The molecule has 3 nitrogen and oxygen atoms in total. The van der Waals surface area contributed by atoms with Crippen LogP contribution in [0.2, 0.25) is 0 Å². The number of piperidine rings is 1. The summed E-state index contributed by atoms with van der Waals surface area (Å²) in [6, 6.07) is 0. The Morgan fingerprint density at radius 1 is 1.23 bits per heavy atom. The van der Waals surface area contributed by atoms with E-state index in [0.717, 1.165) is 13.1 Å². The van der Waals surface area contributed by atoms with Gasteiger partial charge < -0.3 is 5.32 Å². The first-order valence-corrected chi connectivity index (χ1v) is 4.46. The average Bonchev–Trinajstić information content (AvgIpc) is 2.20. The van der Waals surface area contributed by atoms with Crippen LogP contribution in [-0.4, -0.2) is 23.1 Å². The maximum absolute atomic E-state index is 14.2. The largest absolute Gasteiger partial charge is 0.316 e. The highest BCUT2D eigenvalue weighted by atomic mass is 19.1. The summed E-state index contributed by atoms with van der Waals surface area (Å²) in [5.41, 5.74) is -0.608. The maximum Gasteiger partial charge on any atom is 0.141 e. The van der Waals surface area contributed by atoms with Crippen molar-refractivity contribution in [3.63, 3.8) is 0 Å². The molecule has 1 fully saturated rings. The third-order valence-corrected chi connectivity index (χ3v) is 2.47. The molecule has 0 atom stereocenters. The van der Waals surface area contributed by atoms with Crippen molar-refractivity contribution in [1.82, 2.24) is 15.3 Å². The van der Waals surface area contributed by atoms with Crippen LogP contribution in [0.25, 0.3) is 0 Å². The zero-order valence-corrected chi connectivity index (χ0v) is 7.33. The van der Waals surface area contributed by atoms with Gasteiger partial charge in [-0.25, -0.2) is 14.4 Å². The quantitative estimate of drug-likeness (QED) is 0.703. The van der Waals surface area contributed by atoms with Crippen LogP contribution in [0, 0.1) is 0 Å². The number of nitrogens with zero attached hydrogens (tertiary/aromatic N) is 2. The van der Waals surface area contributed by atoms with E-state index < -0.39 is 5.67 Å². The van der Waals surface area contributed by atoms with Gasteiger partial charge in [-0.1, -0.05) is 0 Å². The molecule has 1 aromatic rings. The van der Waals surface area contributed by atoms with Gasteiger partial charge in [0.1, 0.15) is 12.0 Å². The van der Waals surface area contributed by atoms with Crippen molar-refractivity contribution in [2.24, 2.45) is 0 Å². The van der Waals surface area contributed by atoms with Crippen molar-refractivity contribution in [2.45, 2.75) is 18.5 Å². The molecular formula is C9H12FN3. The number of halogens is 1. The van der Waals surface area contributed by atoms with Crippen molar-refractivity contribution in [3.8, 4) is 0 Å². The molecule has 0 unspecified atom stereocenters. The van der Waals surface area contributed by atoms with E-state index in [2.05, 4.69) is 15.3 Å². The monoisotopic (exact) mass is 181 g/mol. The van der Waals surface area contributed by atoms with E-state index in [-0.39, 0.29) is 0 Å². The number of hydrogen-bond donors (Lipinski definition) is 1. The van der Waals surface area contributed by atoms with Gasteiger partial charge in [-0.2, -0.15) is 0 Å². The SMILES string of the molecule is FC1(c2cncnc2)CCNCC1. The Hall–Kier alpha value is -1.03. The van der Waals surface area contributed by atoms with Crippen molar-refractivity contribution >= 4 is 0 Å². The van der Waals surface area contributed by atoms with Crippen LogP contribution < -0.4 is 5.32 Å². The molecule has 4 heteroatoms. The first-order chi connectivity index (χ1) is 6.31. The summed E-state index contributed by atoms with van der Waals surface area (Å²) in [6.07, 6.45) is 5.59. The van der Waals surface area contributed by atoms with Gasteiger partial charge in [-0.05, 0) is 25.9 Å². The topological polar surface area (TPSA) is 37.8 Å². The highest BCUT2D eigenvalue weighted by Gasteiger charge is 2.33. The van der Waals surface area contributed by atoms with Gasteiger partial charge in [0, 0.05) is 18.0 Å². The van der Waals surface area contributed by atoms with Gasteiger partial charge in [0.25, 0.3) is 0 Å². The van der Waals surface area contributed by atoms with Crippen LogP contribution in [0.3, 0.4) is 0 Å². The van der Waals surface area contributed by atoms with E-state index in [1.807, 2.05) is 0 Å². The number of hydrogen-bond acceptors (Lipinski definition) is 3. The van der Waals surface area contributed by atoms with Crippen LogP contribution in [0.15, 0.2) is 18.7 Å². The summed E-state index contributed by atoms with van der Waals surface area (Å²) >= 11 is 0. The molecule has 13 heavy (non-hydrogen) atoms.